The molecular formula is C44H50N2O4. The van der Waals surface area contributed by atoms with Gasteiger partial charge in [0.25, 0.3) is 0 Å². The van der Waals surface area contributed by atoms with Crippen LogP contribution in [-0.2, 0) is 15.6 Å². The van der Waals surface area contributed by atoms with Crippen LogP contribution in [0.4, 0.5) is 0 Å². The largest absolute Gasteiger partial charge is 0.423 e. The molecule has 0 radical (unpaired) electrons. The van der Waals surface area contributed by atoms with Crippen molar-refractivity contribution in [1.82, 2.24) is 4.98 Å². The van der Waals surface area contributed by atoms with Crippen molar-refractivity contribution in [2.75, 3.05) is 0 Å². The summed E-state index contributed by atoms with van der Waals surface area (Å²) in [6.07, 6.45) is 0. The van der Waals surface area contributed by atoms with Gasteiger partial charge in [-0.25, -0.2) is 9.59 Å². The molecule has 1 aromatic heterocycles. The summed E-state index contributed by atoms with van der Waals surface area (Å²) in [6.45, 7) is 26.7. The summed E-state index contributed by atoms with van der Waals surface area (Å²) in [6, 6.07) is 19.6. The lowest BCUT2D eigenvalue weighted by Crippen LogP contribution is -2.16. The number of H-pyrrole nitrogens is 1. The molecule has 0 saturated carbocycles. The minimum atomic E-state index is -0.458. The first-order chi connectivity index (χ1) is 23.3. The van der Waals surface area contributed by atoms with E-state index in [1.807, 2.05) is 76.2 Å². The van der Waals surface area contributed by atoms with Crippen LogP contribution in [0.3, 0.4) is 0 Å². The van der Waals surface area contributed by atoms with Gasteiger partial charge in [-0.3, -0.25) is 4.99 Å². The number of carbonyl (C=O) groups excluding carboxylic acids is 2. The maximum absolute atomic E-state index is 13.8. The molecule has 50 heavy (non-hydrogen) atoms. The standard InChI is InChI=1S/C44H50N2O4/c1-24-22-25(2)35(26(3)23-24)38(39-27(4)36(29(6)45-39)41(47)49-33-18-14-31(15-19-33)43(8,9)10)40-28(5)37(30(7)46-40)42(48)50-34-20-16-32(17-21-34)44(11,12)13/h14-23,45H,1-13H3/b40-38-. The molecule has 0 spiro atoms. The van der Waals surface area contributed by atoms with Crippen LogP contribution < -0.4 is 9.47 Å². The van der Waals surface area contributed by atoms with Crippen molar-refractivity contribution >= 4 is 23.2 Å². The molecule has 6 nitrogen and oxygen atoms in total. The van der Waals surface area contributed by atoms with Gasteiger partial charge in [-0.15, -0.1) is 0 Å². The Hall–Kier alpha value is -4.97. The summed E-state index contributed by atoms with van der Waals surface area (Å²) < 4.78 is 11.8. The van der Waals surface area contributed by atoms with Crippen molar-refractivity contribution in [3.63, 3.8) is 0 Å². The predicted molar refractivity (Wildman–Crippen MR) is 204 cm³/mol. The average Bonchev–Trinajstić information content (AvgIpc) is 3.47. The highest BCUT2D eigenvalue weighted by atomic mass is 16.5. The van der Waals surface area contributed by atoms with Gasteiger partial charge in [0.1, 0.15) is 11.5 Å². The number of hydrogen-bond donors (Lipinski definition) is 1. The Balaban J connectivity index is 1.61. The molecule has 6 heteroatoms. The fraction of sp³-hybridized carbons (Fsp3) is 0.341. The Morgan fingerprint density at radius 1 is 0.640 bits per heavy atom. The Morgan fingerprint density at radius 3 is 1.56 bits per heavy atom. The summed E-state index contributed by atoms with van der Waals surface area (Å²) in [5.41, 5.74) is 12.4. The zero-order valence-corrected chi connectivity index (χ0v) is 31.9. The number of carbonyl (C=O) groups is 2. The number of aromatic nitrogens is 1. The van der Waals surface area contributed by atoms with E-state index in [0.29, 0.717) is 45.3 Å². The summed E-state index contributed by atoms with van der Waals surface area (Å²) >= 11 is 0. The number of nitrogens with zero attached hydrogens (tertiary/aromatic N) is 1. The van der Waals surface area contributed by atoms with Crippen molar-refractivity contribution in [3.05, 3.63) is 133 Å². The van der Waals surface area contributed by atoms with E-state index in [4.69, 9.17) is 14.5 Å². The van der Waals surface area contributed by atoms with E-state index < -0.39 is 11.9 Å². The molecule has 1 aliphatic heterocycles. The van der Waals surface area contributed by atoms with Crippen LogP contribution in [0.15, 0.2) is 82.5 Å². The first-order valence-electron chi connectivity index (χ1n) is 17.2. The predicted octanol–water partition coefficient (Wildman–Crippen LogP) is 10.5. The van der Waals surface area contributed by atoms with Gasteiger partial charge in [-0.05, 0) is 123 Å². The van der Waals surface area contributed by atoms with Crippen LogP contribution in [0.25, 0.3) is 5.57 Å². The highest BCUT2D eigenvalue weighted by molar-refractivity contribution is 6.23. The zero-order chi connectivity index (χ0) is 36.9. The number of allylic oxidation sites excluding steroid dienone is 1. The molecule has 3 aromatic carbocycles. The van der Waals surface area contributed by atoms with Crippen molar-refractivity contribution in [3.8, 4) is 11.5 Å². The van der Waals surface area contributed by atoms with E-state index in [0.717, 1.165) is 50.2 Å². The second kappa shape index (κ2) is 13.4. The number of aryl methyl sites for hydroxylation is 4. The molecular weight excluding hydrogens is 620 g/mol. The molecule has 0 atom stereocenters. The number of ether oxygens (including phenoxy) is 2. The molecule has 0 amide bonds. The van der Waals surface area contributed by atoms with E-state index >= 15 is 0 Å². The smallest absolute Gasteiger partial charge is 0.345 e. The molecule has 5 rings (SSSR count). The topological polar surface area (TPSA) is 80.8 Å². The third-order valence-electron chi connectivity index (χ3n) is 9.49. The Labute approximate surface area is 297 Å². The number of hydrogen-bond acceptors (Lipinski definition) is 5. The van der Waals surface area contributed by atoms with E-state index in [9.17, 15) is 9.59 Å². The van der Waals surface area contributed by atoms with Crippen LogP contribution in [-0.4, -0.2) is 22.6 Å². The lowest BCUT2D eigenvalue weighted by molar-refractivity contribution is -0.129. The Bertz CT molecular complexity index is 2070. The first-order valence-corrected chi connectivity index (χ1v) is 17.2. The van der Waals surface area contributed by atoms with E-state index in [2.05, 4.69) is 79.4 Å². The number of benzene rings is 3. The number of nitrogens with one attached hydrogen (secondary N) is 1. The maximum Gasteiger partial charge on any atom is 0.345 e. The van der Waals surface area contributed by atoms with Crippen LogP contribution in [0.1, 0.15) is 116 Å². The molecule has 2 heterocycles. The van der Waals surface area contributed by atoms with Gasteiger partial charge in [0, 0.05) is 11.3 Å². The third-order valence-corrected chi connectivity index (χ3v) is 9.49. The number of aromatic amines is 1. The molecule has 0 unspecified atom stereocenters. The van der Waals surface area contributed by atoms with Crippen molar-refractivity contribution < 1.29 is 19.1 Å². The van der Waals surface area contributed by atoms with E-state index in [-0.39, 0.29) is 10.8 Å². The fourth-order valence-corrected chi connectivity index (χ4v) is 6.85. The van der Waals surface area contributed by atoms with Crippen LogP contribution in [0.2, 0.25) is 0 Å². The minimum absolute atomic E-state index is 0.0106. The van der Waals surface area contributed by atoms with E-state index in [1.165, 1.54) is 0 Å². The molecule has 0 saturated heterocycles. The van der Waals surface area contributed by atoms with Gasteiger partial charge in [0.05, 0.1) is 28.2 Å². The first kappa shape index (κ1) is 36.3. The maximum atomic E-state index is 13.8. The number of aliphatic imine (C=N–C) groups is 1. The summed E-state index contributed by atoms with van der Waals surface area (Å²) in [4.78, 5) is 36.1. The monoisotopic (exact) mass is 670 g/mol. The quantitative estimate of drug-likeness (QED) is 0.164. The number of rotatable bonds is 6. The van der Waals surface area contributed by atoms with Crippen molar-refractivity contribution in [2.24, 2.45) is 4.99 Å². The molecule has 0 bridgehead atoms. The highest BCUT2D eigenvalue weighted by Crippen LogP contribution is 2.41. The summed E-state index contributed by atoms with van der Waals surface area (Å²) in [5, 5.41) is 0. The number of esters is 2. The van der Waals surface area contributed by atoms with Crippen LogP contribution >= 0.6 is 0 Å². The lowest BCUT2D eigenvalue weighted by atomic mass is 9.87. The molecule has 4 aromatic rings. The second-order valence-electron chi connectivity index (χ2n) is 15.6. The zero-order valence-electron chi connectivity index (χ0n) is 31.9. The van der Waals surface area contributed by atoms with Gasteiger partial charge in [0.2, 0.25) is 0 Å². The molecule has 0 fully saturated rings. The summed E-state index contributed by atoms with van der Waals surface area (Å²) in [5.74, 6) is 0.0678. The average molecular weight is 671 g/mol. The van der Waals surface area contributed by atoms with Crippen LogP contribution in [0, 0.1) is 34.6 Å². The minimum Gasteiger partial charge on any atom is -0.423 e. The van der Waals surface area contributed by atoms with Gasteiger partial charge in [-0.2, -0.15) is 0 Å². The van der Waals surface area contributed by atoms with Gasteiger partial charge in [-0.1, -0.05) is 83.5 Å². The Kier molecular flexibility index (Phi) is 9.72. The van der Waals surface area contributed by atoms with Crippen molar-refractivity contribution in [1.29, 1.82) is 0 Å². The molecule has 1 N–H and O–H groups in total. The van der Waals surface area contributed by atoms with Gasteiger partial charge >= 0.3 is 11.9 Å². The summed E-state index contributed by atoms with van der Waals surface area (Å²) in [7, 11) is 0. The van der Waals surface area contributed by atoms with Crippen molar-refractivity contribution in [2.45, 2.75) is 101 Å². The second-order valence-corrected chi connectivity index (χ2v) is 15.6. The fourth-order valence-electron chi connectivity index (χ4n) is 6.85. The van der Waals surface area contributed by atoms with Gasteiger partial charge < -0.3 is 14.5 Å². The molecule has 1 aliphatic rings. The van der Waals surface area contributed by atoms with Gasteiger partial charge in [0.15, 0.2) is 0 Å². The normalized spacial score (nSPS) is 14.5. The highest BCUT2D eigenvalue weighted by Gasteiger charge is 2.32. The SMILES string of the molecule is CC1=N/C(=C(\c2[nH]c(C)c(C(=O)Oc3ccc(C(C)(C)C)cc3)c2C)c2c(C)cc(C)cc2C)C(C)=C1C(=O)Oc1ccc(C(C)(C)C)cc1. The third kappa shape index (κ3) is 7.16. The molecule has 260 valence electrons. The molecule has 0 aliphatic carbocycles. The Morgan fingerprint density at radius 2 is 1.10 bits per heavy atom. The van der Waals surface area contributed by atoms with Crippen LogP contribution in [0.5, 0.6) is 11.5 Å². The lowest BCUT2D eigenvalue weighted by Gasteiger charge is -2.19. The van der Waals surface area contributed by atoms with E-state index in [1.54, 1.807) is 0 Å².